The van der Waals surface area contributed by atoms with E-state index in [1.165, 1.54) is 4.91 Å². The minimum Gasteiger partial charge on any atom is -0.302 e. The van der Waals surface area contributed by atoms with Gasteiger partial charge in [-0.3, -0.25) is 4.68 Å². The van der Waals surface area contributed by atoms with Crippen LogP contribution in [0.1, 0.15) is 6.92 Å². The topological polar surface area (TPSA) is 122 Å². The number of rotatable bonds is 4. The molecule has 11 heteroatoms. The summed E-state index contributed by atoms with van der Waals surface area (Å²) in [5.41, 5.74) is 5.69. The highest BCUT2D eigenvalue weighted by Gasteiger charge is 2.42. The van der Waals surface area contributed by atoms with Crippen molar-refractivity contribution in [2.24, 2.45) is 5.10 Å². The van der Waals surface area contributed by atoms with Crippen molar-refractivity contribution in [1.29, 1.82) is 5.26 Å². The molecule has 2 aliphatic heterocycles. The van der Waals surface area contributed by atoms with Crippen molar-refractivity contribution in [3.05, 3.63) is 29.6 Å². The number of hydrogen-bond acceptors (Lipinski definition) is 9. The molecule has 134 valence electrons. The SMILES string of the molecule is CC12C=NNC1C=C(Cn1nnc3ncc(-c4cnn(CC#N)c4)nc31)S2. The number of nitrogens with one attached hydrogen (secondary N) is 1. The zero-order chi connectivity index (χ0) is 18.4. The molecule has 3 aromatic heterocycles. The standard InChI is InChI=1S/C16H14N10S/c1-16-9-19-22-13(16)4-11(27-16)8-26-15-14(23-24-26)18-6-12(21-15)10-5-20-25(7-10)3-2-17/h4-7,9,13,22H,3,8H2,1H3. The Morgan fingerprint density at radius 3 is 3.19 bits per heavy atom. The molecule has 10 nitrogen and oxygen atoms in total. The summed E-state index contributed by atoms with van der Waals surface area (Å²) in [4.78, 5) is 10.2. The average Bonchev–Trinajstić information content (AvgIpc) is 3.39. The Kier molecular flexibility index (Phi) is 3.48. The Morgan fingerprint density at radius 1 is 1.41 bits per heavy atom. The second-order valence-electron chi connectivity index (χ2n) is 6.52. The van der Waals surface area contributed by atoms with Crippen LogP contribution in [0.4, 0.5) is 0 Å². The van der Waals surface area contributed by atoms with E-state index < -0.39 is 0 Å². The van der Waals surface area contributed by atoms with E-state index in [0.29, 0.717) is 23.5 Å². The van der Waals surface area contributed by atoms with Crippen molar-refractivity contribution in [2.75, 3.05) is 0 Å². The van der Waals surface area contributed by atoms with E-state index >= 15 is 0 Å². The Bertz CT molecular complexity index is 1140. The third kappa shape index (κ3) is 2.65. The number of nitriles is 1. The maximum Gasteiger partial charge on any atom is 0.221 e. The van der Waals surface area contributed by atoms with Crippen LogP contribution in [0.3, 0.4) is 0 Å². The molecule has 0 spiro atoms. The maximum absolute atomic E-state index is 8.78. The molecule has 0 amide bonds. The Labute approximate surface area is 158 Å². The molecular weight excluding hydrogens is 364 g/mol. The summed E-state index contributed by atoms with van der Waals surface area (Å²) in [5, 5.41) is 25.4. The first kappa shape index (κ1) is 16.0. The molecule has 2 atom stereocenters. The van der Waals surface area contributed by atoms with Crippen LogP contribution >= 0.6 is 11.8 Å². The highest BCUT2D eigenvalue weighted by atomic mass is 32.2. The summed E-state index contributed by atoms with van der Waals surface area (Å²) >= 11 is 1.77. The van der Waals surface area contributed by atoms with Crippen molar-refractivity contribution in [3.63, 3.8) is 0 Å². The molecule has 0 radical (unpaired) electrons. The summed E-state index contributed by atoms with van der Waals surface area (Å²) in [6, 6.07) is 2.26. The number of hydrazone groups is 1. The Morgan fingerprint density at radius 2 is 2.33 bits per heavy atom. The van der Waals surface area contributed by atoms with Crippen LogP contribution in [0.25, 0.3) is 22.6 Å². The second-order valence-corrected chi connectivity index (χ2v) is 8.13. The zero-order valence-corrected chi connectivity index (χ0v) is 15.1. The maximum atomic E-state index is 8.78. The van der Waals surface area contributed by atoms with E-state index in [4.69, 9.17) is 5.26 Å². The quantitative estimate of drug-likeness (QED) is 0.712. The van der Waals surface area contributed by atoms with Crippen LogP contribution in [0.5, 0.6) is 0 Å². The van der Waals surface area contributed by atoms with Gasteiger partial charge in [0.1, 0.15) is 6.54 Å². The first-order valence-electron chi connectivity index (χ1n) is 8.30. The molecule has 1 N–H and O–H groups in total. The van der Waals surface area contributed by atoms with Gasteiger partial charge in [-0.05, 0) is 13.0 Å². The van der Waals surface area contributed by atoms with Gasteiger partial charge in [-0.2, -0.15) is 15.5 Å². The molecule has 0 saturated carbocycles. The first-order valence-corrected chi connectivity index (χ1v) is 9.12. The molecule has 0 bridgehead atoms. The molecule has 5 rings (SSSR count). The van der Waals surface area contributed by atoms with Crippen LogP contribution in [0, 0.1) is 11.3 Å². The van der Waals surface area contributed by atoms with Gasteiger partial charge >= 0.3 is 0 Å². The van der Waals surface area contributed by atoms with Crippen molar-refractivity contribution in [2.45, 2.75) is 30.8 Å². The molecule has 5 heterocycles. The number of allylic oxidation sites excluding steroid dienone is 1. The number of hydrogen-bond donors (Lipinski definition) is 1. The fourth-order valence-electron chi connectivity index (χ4n) is 3.14. The van der Waals surface area contributed by atoms with Crippen LogP contribution < -0.4 is 5.43 Å². The lowest BCUT2D eigenvalue weighted by Crippen LogP contribution is -2.34. The van der Waals surface area contributed by atoms with Crippen LogP contribution in [-0.2, 0) is 13.1 Å². The van der Waals surface area contributed by atoms with Crippen molar-refractivity contribution < 1.29 is 0 Å². The smallest absolute Gasteiger partial charge is 0.221 e. The molecule has 2 unspecified atom stereocenters. The van der Waals surface area contributed by atoms with E-state index in [1.807, 2.05) is 6.21 Å². The van der Waals surface area contributed by atoms with Gasteiger partial charge < -0.3 is 5.43 Å². The molecule has 0 saturated heterocycles. The number of aromatic nitrogens is 7. The number of nitrogens with zero attached hydrogens (tertiary/aromatic N) is 9. The van der Waals surface area contributed by atoms with Gasteiger partial charge in [0.15, 0.2) is 5.65 Å². The molecule has 3 aromatic rings. The third-order valence-corrected chi connectivity index (χ3v) is 5.88. The van der Waals surface area contributed by atoms with Gasteiger partial charge in [0, 0.05) is 22.9 Å². The van der Waals surface area contributed by atoms with E-state index in [0.717, 1.165) is 5.56 Å². The van der Waals surface area contributed by atoms with Crippen molar-refractivity contribution in [1.82, 2.24) is 40.2 Å². The Hall–Kier alpha value is -3.26. The zero-order valence-electron chi connectivity index (χ0n) is 14.3. The highest BCUT2D eigenvalue weighted by Crippen LogP contribution is 2.43. The van der Waals surface area contributed by atoms with Crippen LogP contribution in [-0.4, -0.2) is 51.7 Å². The summed E-state index contributed by atoms with van der Waals surface area (Å²) in [6.07, 6.45) is 9.21. The molecular formula is C16H14N10S. The van der Waals surface area contributed by atoms with Crippen LogP contribution in [0.2, 0.25) is 0 Å². The lowest BCUT2D eigenvalue weighted by atomic mass is 10.0. The lowest BCUT2D eigenvalue weighted by molar-refractivity contribution is 0.627. The number of fused-ring (bicyclic) bond motifs is 2. The van der Waals surface area contributed by atoms with E-state index in [9.17, 15) is 0 Å². The van der Waals surface area contributed by atoms with Gasteiger partial charge in [-0.15, -0.1) is 16.9 Å². The van der Waals surface area contributed by atoms with Gasteiger partial charge in [0.2, 0.25) is 5.65 Å². The van der Waals surface area contributed by atoms with Crippen molar-refractivity contribution in [3.8, 4) is 17.3 Å². The summed E-state index contributed by atoms with van der Waals surface area (Å²) in [5.74, 6) is 0. The Balaban J connectivity index is 1.45. The summed E-state index contributed by atoms with van der Waals surface area (Å²) in [6.45, 7) is 2.93. The monoisotopic (exact) mass is 378 g/mol. The second kappa shape index (κ2) is 5.88. The van der Waals surface area contributed by atoms with Gasteiger partial charge in [0.25, 0.3) is 0 Å². The van der Waals surface area contributed by atoms with E-state index in [-0.39, 0.29) is 17.3 Å². The molecule has 0 aliphatic carbocycles. The third-order valence-electron chi connectivity index (χ3n) is 4.55. The molecule has 0 fully saturated rings. The van der Waals surface area contributed by atoms with Gasteiger partial charge in [-0.1, -0.05) is 5.21 Å². The summed E-state index contributed by atoms with van der Waals surface area (Å²) < 4.78 is 3.26. The van der Waals surface area contributed by atoms with Crippen LogP contribution in [0.15, 0.2) is 34.7 Å². The predicted molar refractivity (Wildman–Crippen MR) is 99.4 cm³/mol. The molecule has 0 aromatic carbocycles. The summed E-state index contributed by atoms with van der Waals surface area (Å²) in [7, 11) is 0. The molecule has 2 aliphatic rings. The fraction of sp³-hybridized carbons (Fsp3) is 0.312. The fourth-order valence-corrected chi connectivity index (χ4v) is 4.45. The van der Waals surface area contributed by atoms with Crippen molar-refractivity contribution >= 4 is 29.3 Å². The normalized spacial score (nSPS) is 23.3. The average molecular weight is 378 g/mol. The highest BCUT2D eigenvalue weighted by molar-refractivity contribution is 8.05. The first-order chi connectivity index (χ1) is 13.1. The number of thioether (sulfide) groups is 1. The largest absolute Gasteiger partial charge is 0.302 e. The van der Waals surface area contributed by atoms with E-state index in [1.54, 1.807) is 39.7 Å². The van der Waals surface area contributed by atoms with Gasteiger partial charge in [0.05, 0.1) is 41.5 Å². The molecule has 27 heavy (non-hydrogen) atoms. The van der Waals surface area contributed by atoms with E-state index in [2.05, 4.69) is 55.0 Å². The van der Waals surface area contributed by atoms with Gasteiger partial charge in [-0.25, -0.2) is 14.6 Å². The predicted octanol–water partition coefficient (Wildman–Crippen LogP) is 0.955. The minimum absolute atomic E-state index is 0.0577. The lowest BCUT2D eigenvalue weighted by Gasteiger charge is -2.18. The minimum atomic E-state index is -0.0577.